The second kappa shape index (κ2) is 8.98. The van der Waals surface area contributed by atoms with Crippen LogP contribution >= 0.6 is 31.9 Å². The molecule has 7 nitrogen and oxygen atoms in total. The number of benzene rings is 1. The van der Waals surface area contributed by atoms with Crippen molar-refractivity contribution in [2.45, 2.75) is 13.5 Å². The minimum Gasteiger partial charge on any atom is -0.503 e. The number of ether oxygens (including phenoxy) is 2. The molecule has 0 unspecified atom stereocenters. The van der Waals surface area contributed by atoms with Gasteiger partial charge in [-0.2, -0.15) is 10.4 Å². The summed E-state index contributed by atoms with van der Waals surface area (Å²) in [6.07, 6.45) is 1.53. The van der Waals surface area contributed by atoms with E-state index in [1.807, 2.05) is 6.92 Å². The fourth-order valence-corrected chi connectivity index (χ4v) is 3.08. The summed E-state index contributed by atoms with van der Waals surface area (Å²) in [7, 11) is 3.02. The van der Waals surface area contributed by atoms with Crippen molar-refractivity contribution in [1.29, 1.82) is 5.26 Å². The minimum atomic E-state index is 0.0128. The van der Waals surface area contributed by atoms with Gasteiger partial charge in [-0.25, -0.2) is 4.98 Å². The number of nitrogens with zero attached hydrogens (tertiary/aromatic N) is 3. The molecule has 0 bridgehead atoms. The smallest absolute Gasteiger partial charge is 0.172 e. The van der Waals surface area contributed by atoms with Gasteiger partial charge >= 0.3 is 0 Å². The highest BCUT2D eigenvalue weighted by atomic mass is 79.9. The predicted molar refractivity (Wildman–Crippen MR) is 106 cm³/mol. The normalized spacial score (nSPS) is 10.8. The number of phenolic OH excluding ortho intramolecular Hbond substituents is 1. The molecule has 0 spiro atoms. The zero-order chi connectivity index (χ0) is 19.3. The second-order valence-corrected chi connectivity index (χ2v) is 6.83. The molecular formula is C17H16Br2N4O3. The van der Waals surface area contributed by atoms with E-state index in [1.165, 1.54) is 13.3 Å². The number of hydrazone groups is 1. The first-order valence-corrected chi connectivity index (χ1v) is 8.95. The third-order valence-corrected chi connectivity index (χ3v) is 5.11. The number of halogens is 2. The number of aromatic hydroxyl groups is 1. The molecule has 0 fully saturated rings. The van der Waals surface area contributed by atoms with Crippen LogP contribution in [0.3, 0.4) is 0 Å². The highest BCUT2D eigenvalue weighted by molar-refractivity contribution is 9.10. The summed E-state index contributed by atoms with van der Waals surface area (Å²) in [6, 6.07) is 5.45. The summed E-state index contributed by atoms with van der Waals surface area (Å²) in [5.41, 5.74) is 5.24. The van der Waals surface area contributed by atoms with Gasteiger partial charge in [-0.05, 0) is 56.5 Å². The Morgan fingerprint density at radius 1 is 1.38 bits per heavy atom. The Kier molecular flexibility index (Phi) is 6.97. The van der Waals surface area contributed by atoms with E-state index in [9.17, 15) is 10.4 Å². The van der Waals surface area contributed by atoms with Crippen molar-refractivity contribution in [3.8, 4) is 17.6 Å². The lowest BCUT2D eigenvalue weighted by Crippen LogP contribution is -2.05. The Morgan fingerprint density at radius 3 is 2.73 bits per heavy atom. The lowest BCUT2D eigenvalue weighted by atomic mass is 10.1. The molecule has 1 heterocycles. The summed E-state index contributed by atoms with van der Waals surface area (Å²) in [5.74, 6) is 0.665. The molecule has 0 radical (unpaired) electrons. The number of nitriles is 1. The number of phenols is 1. The first-order chi connectivity index (χ1) is 12.4. The molecule has 0 saturated heterocycles. The average Bonchev–Trinajstić information content (AvgIpc) is 2.62. The SMILES string of the molecule is COCc1c(Br)c(C)nc(N/N=C\c2cc(Br)c(O)c(OC)c2)c1C#N. The Morgan fingerprint density at radius 2 is 2.12 bits per heavy atom. The van der Waals surface area contributed by atoms with Gasteiger partial charge in [0.25, 0.3) is 0 Å². The van der Waals surface area contributed by atoms with E-state index in [1.54, 1.807) is 19.2 Å². The van der Waals surface area contributed by atoms with E-state index in [0.29, 0.717) is 38.4 Å². The van der Waals surface area contributed by atoms with Crippen LogP contribution in [0, 0.1) is 18.3 Å². The molecule has 9 heteroatoms. The van der Waals surface area contributed by atoms with E-state index >= 15 is 0 Å². The molecule has 1 aromatic carbocycles. The third kappa shape index (κ3) is 4.33. The van der Waals surface area contributed by atoms with Gasteiger partial charge in [0.2, 0.25) is 0 Å². The molecular weight excluding hydrogens is 468 g/mol. The lowest BCUT2D eigenvalue weighted by molar-refractivity contribution is 0.184. The van der Waals surface area contributed by atoms with Crippen LogP contribution in [0.2, 0.25) is 0 Å². The maximum absolute atomic E-state index is 9.84. The fraction of sp³-hybridized carbons (Fsp3) is 0.235. The molecule has 0 aliphatic rings. The van der Waals surface area contributed by atoms with Crippen LogP contribution in [0.5, 0.6) is 11.5 Å². The number of hydrogen-bond acceptors (Lipinski definition) is 7. The molecule has 2 aromatic rings. The Labute approximate surface area is 167 Å². The van der Waals surface area contributed by atoms with Gasteiger partial charge in [0.15, 0.2) is 17.3 Å². The van der Waals surface area contributed by atoms with Crippen molar-refractivity contribution in [1.82, 2.24) is 4.98 Å². The molecule has 2 N–H and O–H groups in total. The molecule has 136 valence electrons. The molecule has 26 heavy (non-hydrogen) atoms. The standard InChI is InChI=1S/C17H16Br2N4O3/c1-9-15(19)12(8-25-2)11(6-20)17(22-9)23-21-7-10-4-13(18)16(24)14(5-10)26-3/h4-5,7,24H,8H2,1-3H3,(H,22,23)/b21-7-. The predicted octanol–water partition coefficient (Wildman–Crippen LogP) is 4.09. The van der Waals surface area contributed by atoms with Crippen molar-refractivity contribution in [3.63, 3.8) is 0 Å². The average molecular weight is 484 g/mol. The monoisotopic (exact) mass is 482 g/mol. The number of nitrogens with one attached hydrogen (secondary N) is 1. The van der Waals surface area contributed by atoms with E-state index in [0.717, 1.165) is 4.47 Å². The zero-order valence-electron chi connectivity index (χ0n) is 14.3. The maximum Gasteiger partial charge on any atom is 0.172 e. The molecule has 2 rings (SSSR count). The van der Waals surface area contributed by atoms with Gasteiger partial charge in [-0.15, -0.1) is 0 Å². The number of aromatic nitrogens is 1. The number of hydrogen-bond donors (Lipinski definition) is 2. The Bertz CT molecular complexity index is 895. The summed E-state index contributed by atoms with van der Waals surface area (Å²) in [5, 5.41) is 23.5. The van der Waals surface area contributed by atoms with Gasteiger partial charge in [0.1, 0.15) is 11.6 Å². The second-order valence-electron chi connectivity index (χ2n) is 5.18. The van der Waals surface area contributed by atoms with Crippen molar-refractivity contribution in [2.75, 3.05) is 19.6 Å². The van der Waals surface area contributed by atoms with E-state index in [-0.39, 0.29) is 12.4 Å². The summed E-state index contributed by atoms with van der Waals surface area (Å²) in [4.78, 5) is 4.36. The first-order valence-electron chi connectivity index (χ1n) is 7.36. The fourth-order valence-electron chi connectivity index (χ4n) is 2.22. The highest BCUT2D eigenvalue weighted by Crippen LogP contribution is 2.34. The van der Waals surface area contributed by atoms with Crippen LogP contribution < -0.4 is 10.2 Å². The van der Waals surface area contributed by atoms with Crippen LogP contribution in [0.15, 0.2) is 26.2 Å². The summed E-state index contributed by atoms with van der Waals surface area (Å²) >= 11 is 6.69. The Hall–Kier alpha value is -2.15. The Balaban J connectivity index is 2.34. The van der Waals surface area contributed by atoms with Crippen molar-refractivity contribution in [3.05, 3.63) is 43.5 Å². The van der Waals surface area contributed by atoms with Gasteiger partial charge in [0.05, 0.1) is 30.1 Å². The lowest BCUT2D eigenvalue weighted by Gasteiger charge is -2.12. The van der Waals surface area contributed by atoms with Crippen LogP contribution in [0.25, 0.3) is 0 Å². The van der Waals surface area contributed by atoms with Crippen LogP contribution in [0.1, 0.15) is 22.4 Å². The van der Waals surface area contributed by atoms with Gasteiger partial charge in [0, 0.05) is 17.1 Å². The first kappa shape index (κ1) is 20.2. The molecule has 0 saturated carbocycles. The van der Waals surface area contributed by atoms with Gasteiger partial charge in [-0.1, -0.05) is 0 Å². The number of aryl methyl sites for hydroxylation is 1. The number of anilines is 1. The van der Waals surface area contributed by atoms with Crippen molar-refractivity contribution in [2.24, 2.45) is 5.10 Å². The van der Waals surface area contributed by atoms with E-state index in [2.05, 4.69) is 53.4 Å². The van der Waals surface area contributed by atoms with Crippen LogP contribution in [0.4, 0.5) is 5.82 Å². The zero-order valence-corrected chi connectivity index (χ0v) is 17.5. The number of methoxy groups -OCH3 is 2. The van der Waals surface area contributed by atoms with E-state index < -0.39 is 0 Å². The molecule has 0 aliphatic heterocycles. The van der Waals surface area contributed by atoms with Crippen molar-refractivity contribution >= 4 is 43.9 Å². The maximum atomic E-state index is 9.84. The molecule has 0 aliphatic carbocycles. The molecule has 0 atom stereocenters. The quantitative estimate of drug-likeness (QED) is 0.474. The third-order valence-electron chi connectivity index (χ3n) is 3.46. The topological polar surface area (TPSA) is 99.8 Å². The largest absolute Gasteiger partial charge is 0.503 e. The van der Waals surface area contributed by atoms with Gasteiger partial charge < -0.3 is 14.6 Å². The van der Waals surface area contributed by atoms with Crippen LogP contribution in [-0.4, -0.2) is 30.5 Å². The number of pyridine rings is 1. The molecule has 1 aromatic heterocycles. The van der Waals surface area contributed by atoms with Crippen molar-refractivity contribution < 1.29 is 14.6 Å². The minimum absolute atomic E-state index is 0.0128. The molecule has 0 amide bonds. The summed E-state index contributed by atoms with van der Waals surface area (Å²) in [6.45, 7) is 2.09. The summed E-state index contributed by atoms with van der Waals surface area (Å²) < 4.78 is 11.5. The number of rotatable bonds is 6. The highest BCUT2D eigenvalue weighted by Gasteiger charge is 2.16. The van der Waals surface area contributed by atoms with E-state index in [4.69, 9.17) is 9.47 Å². The van der Waals surface area contributed by atoms with Crippen LogP contribution in [-0.2, 0) is 11.3 Å². The van der Waals surface area contributed by atoms with Gasteiger partial charge in [-0.3, -0.25) is 5.43 Å².